The first-order valence-corrected chi connectivity index (χ1v) is 3.80. The van der Waals surface area contributed by atoms with E-state index in [0.717, 1.165) is 5.92 Å². The highest BCUT2D eigenvalue weighted by molar-refractivity contribution is 5.01. The number of allylic oxidation sites excluding steroid dienone is 2. The molecule has 0 aliphatic heterocycles. The Balaban J connectivity index is 2.48. The van der Waals surface area contributed by atoms with Crippen molar-refractivity contribution in [3.05, 3.63) is 12.2 Å². The maximum atomic E-state index is 2.32. The van der Waals surface area contributed by atoms with Crippen LogP contribution in [-0.4, -0.2) is 0 Å². The van der Waals surface area contributed by atoms with Gasteiger partial charge in [0.2, 0.25) is 0 Å². The van der Waals surface area contributed by atoms with Crippen molar-refractivity contribution < 1.29 is 0 Å². The van der Waals surface area contributed by atoms with Crippen molar-refractivity contribution in [1.29, 1.82) is 0 Å². The molecule has 1 fully saturated rings. The summed E-state index contributed by atoms with van der Waals surface area (Å²) in [6.07, 6.45) is 7.37. The van der Waals surface area contributed by atoms with Crippen LogP contribution in [0.15, 0.2) is 12.2 Å². The molecule has 0 amide bonds. The van der Waals surface area contributed by atoms with Gasteiger partial charge in [-0.15, -0.1) is 0 Å². The summed E-state index contributed by atoms with van der Waals surface area (Å²) in [5.74, 6) is 0.980. The van der Waals surface area contributed by atoms with Crippen molar-refractivity contribution in [3.63, 3.8) is 0 Å². The van der Waals surface area contributed by atoms with E-state index in [1.165, 1.54) is 12.8 Å². The lowest BCUT2D eigenvalue weighted by molar-refractivity contribution is 0.410. The molecule has 0 radical (unpaired) electrons. The molecule has 0 nitrogen and oxygen atoms in total. The molecule has 1 saturated carbocycles. The van der Waals surface area contributed by atoms with E-state index in [2.05, 4.69) is 32.9 Å². The van der Waals surface area contributed by atoms with Crippen LogP contribution in [0.1, 0.15) is 33.6 Å². The van der Waals surface area contributed by atoms with Gasteiger partial charge in [0.05, 0.1) is 0 Å². The van der Waals surface area contributed by atoms with Crippen molar-refractivity contribution in [2.75, 3.05) is 0 Å². The molecule has 0 atom stereocenters. The summed E-state index contributed by atoms with van der Waals surface area (Å²) in [4.78, 5) is 0. The molecule has 1 rings (SSSR count). The van der Waals surface area contributed by atoms with Gasteiger partial charge < -0.3 is 0 Å². The number of hydrogen-bond donors (Lipinski definition) is 0. The Morgan fingerprint density at radius 3 is 2.22 bits per heavy atom. The van der Waals surface area contributed by atoms with Crippen LogP contribution in [0.25, 0.3) is 0 Å². The van der Waals surface area contributed by atoms with Gasteiger partial charge in [-0.05, 0) is 31.1 Å². The van der Waals surface area contributed by atoms with E-state index in [0.29, 0.717) is 5.41 Å². The molecule has 0 aromatic rings. The Morgan fingerprint density at radius 1 is 1.33 bits per heavy atom. The van der Waals surface area contributed by atoms with Crippen LogP contribution in [-0.2, 0) is 0 Å². The van der Waals surface area contributed by atoms with Gasteiger partial charge in [-0.1, -0.05) is 26.0 Å². The maximum absolute atomic E-state index is 2.32. The number of rotatable bonds is 2. The molecule has 1 aliphatic rings. The topological polar surface area (TPSA) is 0 Å². The third-order valence-electron chi connectivity index (χ3n) is 2.23. The minimum atomic E-state index is 0.481. The summed E-state index contributed by atoms with van der Waals surface area (Å²) >= 11 is 0. The van der Waals surface area contributed by atoms with Crippen LogP contribution in [0.2, 0.25) is 0 Å². The SMILES string of the molecule is CC=CC(C)(C)C1CC1. The average Bonchev–Trinajstić information content (AvgIpc) is 2.41. The van der Waals surface area contributed by atoms with Gasteiger partial charge in [0.25, 0.3) is 0 Å². The zero-order valence-corrected chi connectivity index (χ0v) is 6.65. The van der Waals surface area contributed by atoms with Gasteiger partial charge in [0.1, 0.15) is 0 Å². The van der Waals surface area contributed by atoms with Crippen molar-refractivity contribution >= 4 is 0 Å². The lowest BCUT2D eigenvalue weighted by Crippen LogP contribution is -2.09. The molecule has 0 spiro atoms. The first kappa shape index (κ1) is 6.85. The molecular formula is C9H16. The predicted molar refractivity (Wildman–Crippen MR) is 41.3 cm³/mol. The smallest absolute Gasteiger partial charge is 0.0147 e. The second kappa shape index (κ2) is 2.17. The standard InChI is InChI=1S/C9H16/c1-4-7-9(2,3)8-5-6-8/h4,7-8H,5-6H2,1-3H3. The van der Waals surface area contributed by atoms with E-state index in [1.54, 1.807) is 0 Å². The van der Waals surface area contributed by atoms with E-state index < -0.39 is 0 Å². The monoisotopic (exact) mass is 124 g/mol. The Bertz CT molecular complexity index is 116. The van der Waals surface area contributed by atoms with Crippen molar-refractivity contribution in [2.45, 2.75) is 33.6 Å². The third kappa shape index (κ3) is 1.57. The summed E-state index contributed by atoms with van der Waals surface area (Å²) in [7, 11) is 0. The Labute approximate surface area is 58.0 Å². The summed E-state index contributed by atoms with van der Waals surface area (Å²) in [5, 5.41) is 0. The average molecular weight is 124 g/mol. The zero-order chi connectivity index (χ0) is 6.91. The van der Waals surface area contributed by atoms with E-state index >= 15 is 0 Å². The van der Waals surface area contributed by atoms with Crippen LogP contribution >= 0.6 is 0 Å². The van der Waals surface area contributed by atoms with Crippen LogP contribution in [0.4, 0.5) is 0 Å². The Kier molecular flexibility index (Phi) is 1.65. The molecule has 0 N–H and O–H groups in total. The summed E-state index contributed by atoms with van der Waals surface area (Å²) in [6.45, 7) is 6.75. The highest BCUT2D eigenvalue weighted by Gasteiger charge is 2.35. The molecule has 52 valence electrons. The Hall–Kier alpha value is -0.260. The van der Waals surface area contributed by atoms with Gasteiger partial charge in [0, 0.05) is 0 Å². The molecule has 0 bridgehead atoms. The van der Waals surface area contributed by atoms with E-state index in [9.17, 15) is 0 Å². The lowest BCUT2D eigenvalue weighted by Gasteiger charge is -2.18. The first-order chi connectivity index (χ1) is 4.17. The van der Waals surface area contributed by atoms with E-state index in [4.69, 9.17) is 0 Å². The zero-order valence-electron chi connectivity index (χ0n) is 6.65. The lowest BCUT2D eigenvalue weighted by atomic mass is 9.87. The summed E-state index contributed by atoms with van der Waals surface area (Å²) in [5.41, 5.74) is 0.481. The minimum absolute atomic E-state index is 0.481. The fourth-order valence-corrected chi connectivity index (χ4v) is 1.39. The quantitative estimate of drug-likeness (QED) is 0.496. The van der Waals surface area contributed by atoms with Crippen LogP contribution in [0, 0.1) is 11.3 Å². The molecule has 0 aromatic carbocycles. The molecule has 0 aromatic heterocycles. The van der Waals surface area contributed by atoms with Crippen molar-refractivity contribution in [2.24, 2.45) is 11.3 Å². The van der Waals surface area contributed by atoms with Gasteiger partial charge in [-0.2, -0.15) is 0 Å². The predicted octanol–water partition coefficient (Wildman–Crippen LogP) is 3.00. The number of hydrogen-bond acceptors (Lipinski definition) is 0. The highest BCUT2D eigenvalue weighted by Crippen LogP contribution is 2.45. The highest BCUT2D eigenvalue weighted by atomic mass is 14.4. The summed E-state index contributed by atoms with van der Waals surface area (Å²) in [6, 6.07) is 0. The molecular weight excluding hydrogens is 108 g/mol. The second-order valence-electron chi connectivity index (χ2n) is 3.60. The van der Waals surface area contributed by atoms with E-state index in [1.807, 2.05) is 0 Å². The first-order valence-electron chi connectivity index (χ1n) is 3.80. The van der Waals surface area contributed by atoms with Crippen molar-refractivity contribution in [1.82, 2.24) is 0 Å². The fourth-order valence-electron chi connectivity index (χ4n) is 1.39. The van der Waals surface area contributed by atoms with Gasteiger partial charge in [0.15, 0.2) is 0 Å². The van der Waals surface area contributed by atoms with Crippen LogP contribution in [0.5, 0.6) is 0 Å². The molecule has 9 heavy (non-hydrogen) atoms. The Morgan fingerprint density at radius 2 is 1.89 bits per heavy atom. The van der Waals surface area contributed by atoms with Crippen molar-refractivity contribution in [3.8, 4) is 0 Å². The molecule has 0 unspecified atom stereocenters. The molecule has 0 heterocycles. The maximum Gasteiger partial charge on any atom is -0.0147 e. The third-order valence-corrected chi connectivity index (χ3v) is 2.23. The van der Waals surface area contributed by atoms with Gasteiger partial charge in [-0.3, -0.25) is 0 Å². The van der Waals surface area contributed by atoms with Crippen LogP contribution < -0.4 is 0 Å². The van der Waals surface area contributed by atoms with Crippen LogP contribution in [0.3, 0.4) is 0 Å². The van der Waals surface area contributed by atoms with Gasteiger partial charge in [-0.25, -0.2) is 0 Å². The largest absolute Gasteiger partial charge is 0.0911 e. The normalized spacial score (nSPS) is 21.2. The minimum Gasteiger partial charge on any atom is -0.0911 e. The molecule has 0 saturated heterocycles. The van der Waals surface area contributed by atoms with E-state index in [-0.39, 0.29) is 0 Å². The van der Waals surface area contributed by atoms with Gasteiger partial charge >= 0.3 is 0 Å². The summed E-state index contributed by atoms with van der Waals surface area (Å²) < 4.78 is 0. The fraction of sp³-hybridized carbons (Fsp3) is 0.778. The molecule has 1 aliphatic carbocycles. The second-order valence-corrected chi connectivity index (χ2v) is 3.60. The molecule has 0 heteroatoms.